The van der Waals surface area contributed by atoms with E-state index in [2.05, 4.69) is 9.30 Å². The average molecular weight is 374 g/mol. The Morgan fingerprint density at radius 3 is 2.56 bits per heavy atom. The number of imidazole rings is 1. The van der Waals surface area contributed by atoms with Crippen LogP contribution in [0.3, 0.4) is 0 Å². The van der Waals surface area contributed by atoms with Gasteiger partial charge in [0.2, 0.25) is 11.9 Å². The van der Waals surface area contributed by atoms with E-state index in [1.807, 2.05) is 18.4 Å². The van der Waals surface area contributed by atoms with Crippen LogP contribution in [0.2, 0.25) is 0 Å². The highest BCUT2D eigenvalue weighted by atomic mass is 16.5. The number of ether oxygens (including phenoxy) is 1. The Labute approximate surface area is 157 Å². The number of hydrogen-bond donors (Lipinski definition) is 0. The Balaban J connectivity index is 1.80. The predicted molar refractivity (Wildman–Crippen MR) is 94.6 cm³/mol. The second kappa shape index (κ2) is 6.17. The number of carbonyl (C=O) groups excluding carboxylic acids is 3. The lowest BCUT2D eigenvalue weighted by atomic mass is 10.1. The molecule has 0 aromatic carbocycles. The molecule has 1 aromatic heterocycles. The number of methoxy groups -OCH3 is 1. The molecule has 0 bridgehead atoms. The molecule has 4 rings (SSSR count). The quantitative estimate of drug-likeness (QED) is 0.587. The van der Waals surface area contributed by atoms with E-state index in [0.29, 0.717) is 17.8 Å². The number of imide groups is 1. The summed E-state index contributed by atoms with van der Waals surface area (Å²) in [6.45, 7) is 3.61. The zero-order valence-electron chi connectivity index (χ0n) is 16.1. The van der Waals surface area contributed by atoms with E-state index < -0.39 is 30.5 Å². The van der Waals surface area contributed by atoms with Crippen LogP contribution in [0.5, 0.6) is 0 Å². The van der Waals surface area contributed by atoms with Crippen LogP contribution in [0.1, 0.15) is 49.2 Å². The van der Waals surface area contributed by atoms with Gasteiger partial charge in [0.25, 0.3) is 5.91 Å². The van der Waals surface area contributed by atoms with Crippen molar-refractivity contribution in [2.24, 2.45) is 4.99 Å². The van der Waals surface area contributed by atoms with Gasteiger partial charge in [0.05, 0.1) is 13.2 Å². The summed E-state index contributed by atoms with van der Waals surface area (Å²) in [5.41, 5.74) is 2.04. The molecule has 9 heteroatoms. The monoisotopic (exact) mass is 374 g/mol. The second-order valence-electron chi connectivity index (χ2n) is 7.36. The molecule has 1 aliphatic carbocycles. The van der Waals surface area contributed by atoms with Crippen molar-refractivity contribution >= 4 is 29.7 Å². The molecule has 0 spiro atoms. The molecule has 1 unspecified atom stereocenters. The number of fused-ring (bicyclic) bond motifs is 3. The van der Waals surface area contributed by atoms with Crippen LogP contribution in [-0.2, 0) is 14.3 Å². The van der Waals surface area contributed by atoms with Crippen molar-refractivity contribution in [2.45, 2.75) is 51.6 Å². The summed E-state index contributed by atoms with van der Waals surface area (Å²) >= 11 is 0. The van der Waals surface area contributed by atoms with Crippen LogP contribution in [0.25, 0.3) is 0 Å². The van der Waals surface area contributed by atoms with Crippen LogP contribution in [0, 0.1) is 13.8 Å². The zero-order chi connectivity index (χ0) is 19.5. The Bertz CT molecular complexity index is 881. The normalized spacial score (nSPS) is 22.2. The summed E-state index contributed by atoms with van der Waals surface area (Å²) in [7, 11) is 2.81. The third kappa shape index (κ3) is 2.40. The Kier molecular flexibility index (Phi) is 4.05. The first-order valence-electron chi connectivity index (χ1n) is 9.24. The maximum Gasteiger partial charge on any atom is 0.402 e. The lowest BCUT2D eigenvalue weighted by molar-refractivity contribution is -0.683. The number of likely N-dealkylation sites (N-methyl/N-ethyl adjacent to an activating group) is 1. The van der Waals surface area contributed by atoms with E-state index in [1.54, 1.807) is 7.05 Å². The van der Waals surface area contributed by atoms with Gasteiger partial charge >= 0.3 is 17.9 Å². The maximum atomic E-state index is 13.1. The molecule has 2 aliphatic heterocycles. The Hall–Kier alpha value is -2.71. The van der Waals surface area contributed by atoms with E-state index >= 15 is 0 Å². The summed E-state index contributed by atoms with van der Waals surface area (Å²) in [6.07, 6.45) is 4.55. The number of hydrogen-bond acceptors (Lipinski definition) is 5. The predicted octanol–water partition coefficient (Wildman–Crippen LogP) is 1.16. The smallest absolute Gasteiger partial charge is 0.402 e. The van der Waals surface area contributed by atoms with Gasteiger partial charge in [-0.3, -0.25) is 14.5 Å². The first kappa shape index (κ1) is 17.7. The fourth-order valence-electron chi connectivity index (χ4n) is 4.40. The van der Waals surface area contributed by atoms with Crippen LogP contribution < -0.4 is 4.57 Å². The van der Waals surface area contributed by atoms with Crippen molar-refractivity contribution in [2.75, 3.05) is 20.7 Å². The number of carbonyl (C=O) groups is 3. The number of amidine groups is 1. The van der Waals surface area contributed by atoms with Crippen molar-refractivity contribution in [1.82, 2.24) is 14.4 Å². The molecular formula is C18H24N5O4+. The van der Waals surface area contributed by atoms with Gasteiger partial charge in [0.15, 0.2) is 0 Å². The van der Waals surface area contributed by atoms with Gasteiger partial charge in [-0.05, 0) is 39.5 Å². The molecule has 3 heterocycles. The summed E-state index contributed by atoms with van der Waals surface area (Å²) in [5, 5.41) is 0. The third-order valence-electron chi connectivity index (χ3n) is 5.96. The second-order valence-corrected chi connectivity index (χ2v) is 7.36. The molecule has 1 atom stereocenters. The standard InChI is InChI=1S/C18H24N5O4/c1-10-11(2)23-14-15(19-17(23)22(10)12-7-5-6-8-12)20(3)18(26)21(16(14)25)9-13(24)27-4/h12,14H,5-9H2,1-4H3/q+1. The van der Waals surface area contributed by atoms with Crippen LogP contribution in [0.15, 0.2) is 4.99 Å². The van der Waals surface area contributed by atoms with Gasteiger partial charge < -0.3 is 4.74 Å². The third-order valence-corrected chi connectivity index (χ3v) is 5.96. The molecule has 3 amide bonds. The molecule has 0 radical (unpaired) electrons. The van der Waals surface area contributed by atoms with Crippen molar-refractivity contribution in [3.8, 4) is 0 Å². The summed E-state index contributed by atoms with van der Waals surface area (Å²) in [5.74, 6) is 0.0450. The minimum absolute atomic E-state index is 0.367. The van der Waals surface area contributed by atoms with Gasteiger partial charge in [-0.2, -0.15) is 0 Å². The van der Waals surface area contributed by atoms with Crippen LogP contribution >= 0.6 is 0 Å². The molecule has 1 saturated carbocycles. The molecule has 27 heavy (non-hydrogen) atoms. The number of nitrogens with zero attached hydrogens (tertiary/aromatic N) is 5. The summed E-state index contributed by atoms with van der Waals surface area (Å²) in [6, 6.07) is -0.923. The van der Waals surface area contributed by atoms with Gasteiger partial charge in [-0.25, -0.2) is 18.8 Å². The van der Waals surface area contributed by atoms with Crippen molar-refractivity contribution in [3.63, 3.8) is 0 Å². The minimum Gasteiger partial charge on any atom is -0.468 e. The highest BCUT2D eigenvalue weighted by molar-refractivity contribution is 6.19. The number of urea groups is 1. The molecule has 0 N–H and O–H groups in total. The van der Waals surface area contributed by atoms with Crippen LogP contribution in [0.4, 0.5) is 10.7 Å². The lowest BCUT2D eigenvalue weighted by Gasteiger charge is -2.32. The summed E-state index contributed by atoms with van der Waals surface area (Å²) < 4.78 is 8.75. The van der Waals surface area contributed by atoms with E-state index in [0.717, 1.165) is 29.1 Å². The number of esters is 1. The first-order chi connectivity index (χ1) is 12.9. The number of aliphatic imine (C=N–C) groups is 1. The van der Waals surface area contributed by atoms with Gasteiger partial charge in [-0.1, -0.05) is 4.99 Å². The minimum atomic E-state index is -0.728. The fourth-order valence-corrected chi connectivity index (χ4v) is 4.40. The largest absolute Gasteiger partial charge is 0.468 e. The van der Waals surface area contributed by atoms with Crippen molar-refractivity contribution in [1.29, 1.82) is 0 Å². The van der Waals surface area contributed by atoms with Gasteiger partial charge in [0.1, 0.15) is 17.9 Å². The molecule has 9 nitrogen and oxygen atoms in total. The van der Waals surface area contributed by atoms with Gasteiger partial charge in [-0.15, -0.1) is 0 Å². The zero-order valence-corrected chi connectivity index (χ0v) is 16.1. The van der Waals surface area contributed by atoms with E-state index in [9.17, 15) is 14.4 Å². The molecular weight excluding hydrogens is 350 g/mol. The molecule has 1 aromatic rings. The maximum absolute atomic E-state index is 13.1. The average Bonchev–Trinajstić information content (AvgIpc) is 3.35. The van der Waals surface area contributed by atoms with Crippen molar-refractivity contribution < 1.29 is 23.7 Å². The lowest BCUT2D eigenvalue weighted by Crippen LogP contribution is -2.64. The van der Waals surface area contributed by atoms with E-state index in [-0.39, 0.29) is 0 Å². The van der Waals surface area contributed by atoms with E-state index in [1.165, 1.54) is 24.9 Å². The number of rotatable bonds is 3. The highest BCUT2D eigenvalue weighted by Crippen LogP contribution is 2.38. The molecule has 1 saturated heterocycles. The molecule has 144 valence electrons. The van der Waals surface area contributed by atoms with Crippen LogP contribution in [-0.4, -0.2) is 58.8 Å². The topological polar surface area (TPSA) is 88.1 Å². The first-order valence-corrected chi connectivity index (χ1v) is 9.24. The Morgan fingerprint density at radius 1 is 1.26 bits per heavy atom. The highest BCUT2D eigenvalue weighted by Gasteiger charge is 2.55. The molecule has 3 aliphatic rings. The SMILES string of the molecule is COC(=O)CN1C(=O)C2C(=Nc3n(C4CCCC4)c(C)c(C)[n+]32)N(C)C1=O. The number of aromatic nitrogens is 2. The Morgan fingerprint density at radius 2 is 1.93 bits per heavy atom. The molecule has 2 fully saturated rings. The number of amides is 3. The van der Waals surface area contributed by atoms with Gasteiger partial charge in [0, 0.05) is 7.05 Å². The van der Waals surface area contributed by atoms with Crippen molar-refractivity contribution in [3.05, 3.63) is 11.4 Å². The fraction of sp³-hybridized carbons (Fsp3) is 0.611. The van der Waals surface area contributed by atoms with E-state index in [4.69, 9.17) is 4.99 Å². The summed E-state index contributed by atoms with van der Waals surface area (Å²) in [4.78, 5) is 44.4.